The summed E-state index contributed by atoms with van der Waals surface area (Å²) >= 11 is 3.37. The molecule has 0 aliphatic carbocycles. The third kappa shape index (κ3) is 5.81. The number of hydrogen-bond donors (Lipinski definition) is 1. The van der Waals surface area contributed by atoms with E-state index in [0.29, 0.717) is 6.61 Å². The Morgan fingerprint density at radius 3 is 2.67 bits per heavy atom. The van der Waals surface area contributed by atoms with Crippen LogP contribution in [0.25, 0.3) is 0 Å². The van der Waals surface area contributed by atoms with Crippen molar-refractivity contribution < 1.29 is 4.74 Å². The molecule has 112 valence electrons. The lowest BCUT2D eigenvalue weighted by Crippen LogP contribution is -2.35. The minimum absolute atomic E-state index is 0.0795. The smallest absolute Gasteiger partial charge is 0.139 e. The van der Waals surface area contributed by atoms with Crippen LogP contribution in [0.5, 0.6) is 5.75 Å². The fraction of sp³-hybridized carbons (Fsp3) is 0.375. The van der Waals surface area contributed by atoms with Crippen LogP contribution in [0.15, 0.2) is 41.1 Å². The molecule has 2 aromatic heterocycles. The highest BCUT2D eigenvalue weighted by atomic mass is 79.9. The molecule has 0 radical (unpaired) electrons. The lowest BCUT2D eigenvalue weighted by atomic mass is 10.1. The highest BCUT2D eigenvalue weighted by Gasteiger charge is 2.09. The van der Waals surface area contributed by atoms with Crippen LogP contribution >= 0.6 is 15.9 Å². The second-order valence-corrected chi connectivity index (χ2v) is 6.77. The summed E-state index contributed by atoms with van der Waals surface area (Å²) in [5.41, 5.74) is 2.00. The Morgan fingerprint density at radius 2 is 1.95 bits per heavy atom. The number of halogens is 1. The summed E-state index contributed by atoms with van der Waals surface area (Å²) < 4.78 is 6.60. The van der Waals surface area contributed by atoms with Gasteiger partial charge in [-0.15, -0.1) is 0 Å². The van der Waals surface area contributed by atoms with E-state index in [0.717, 1.165) is 28.2 Å². The van der Waals surface area contributed by atoms with Crippen molar-refractivity contribution in [3.8, 4) is 5.75 Å². The Morgan fingerprint density at radius 1 is 1.19 bits per heavy atom. The average molecular weight is 350 g/mol. The van der Waals surface area contributed by atoms with E-state index in [9.17, 15) is 0 Å². The Labute approximate surface area is 134 Å². The number of pyridine rings is 2. The van der Waals surface area contributed by atoms with Gasteiger partial charge in [0.15, 0.2) is 0 Å². The first-order chi connectivity index (χ1) is 9.92. The van der Waals surface area contributed by atoms with Crippen molar-refractivity contribution in [3.05, 3.63) is 52.5 Å². The monoisotopic (exact) mass is 349 g/mol. The van der Waals surface area contributed by atoms with Gasteiger partial charge in [0, 0.05) is 22.8 Å². The molecular weight excluding hydrogens is 330 g/mol. The van der Waals surface area contributed by atoms with Crippen LogP contribution in [0.1, 0.15) is 32.2 Å². The van der Waals surface area contributed by atoms with Gasteiger partial charge in [-0.3, -0.25) is 9.97 Å². The molecule has 1 N–H and O–H groups in total. The second-order valence-electron chi connectivity index (χ2n) is 5.85. The molecule has 4 nitrogen and oxygen atoms in total. The predicted molar refractivity (Wildman–Crippen MR) is 87.1 cm³/mol. The second kappa shape index (κ2) is 7.00. The van der Waals surface area contributed by atoms with Gasteiger partial charge in [-0.25, -0.2) is 0 Å². The van der Waals surface area contributed by atoms with Crippen molar-refractivity contribution in [2.75, 3.05) is 0 Å². The first kappa shape index (κ1) is 15.9. The van der Waals surface area contributed by atoms with E-state index >= 15 is 0 Å². The standard InChI is InChI=1S/C16H20BrN3O/c1-16(2,3)19-9-13-5-4-6-14(20-13)11-21-15-7-12(17)8-18-10-15/h4-8,10,19H,9,11H2,1-3H3. The van der Waals surface area contributed by atoms with E-state index in [1.54, 1.807) is 12.4 Å². The first-order valence-corrected chi connectivity index (χ1v) is 7.65. The van der Waals surface area contributed by atoms with Crippen molar-refractivity contribution in [1.82, 2.24) is 15.3 Å². The fourth-order valence-corrected chi connectivity index (χ4v) is 2.04. The Hall–Kier alpha value is -1.46. The Bertz CT molecular complexity index is 596. The van der Waals surface area contributed by atoms with Crippen LogP contribution < -0.4 is 10.1 Å². The van der Waals surface area contributed by atoms with Crippen LogP contribution in [0.3, 0.4) is 0 Å². The minimum atomic E-state index is 0.0795. The maximum absolute atomic E-state index is 5.70. The van der Waals surface area contributed by atoms with E-state index in [4.69, 9.17) is 4.74 Å². The molecule has 0 aliphatic heterocycles. The molecule has 2 rings (SSSR count). The summed E-state index contributed by atoms with van der Waals surface area (Å²) in [6.07, 6.45) is 3.42. The maximum atomic E-state index is 5.70. The maximum Gasteiger partial charge on any atom is 0.139 e. The molecule has 0 saturated carbocycles. The van der Waals surface area contributed by atoms with Gasteiger partial charge in [-0.1, -0.05) is 6.07 Å². The van der Waals surface area contributed by atoms with Gasteiger partial charge in [0.05, 0.1) is 17.6 Å². The predicted octanol–water partition coefficient (Wildman–Crippen LogP) is 3.71. The average Bonchev–Trinajstić information content (AvgIpc) is 2.43. The molecule has 5 heteroatoms. The van der Waals surface area contributed by atoms with Crippen LogP contribution in [0, 0.1) is 0 Å². The molecule has 0 aliphatic rings. The van der Waals surface area contributed by atoms with Gasteiger partial charge in [-0.2, -0.15) is 0 Å². The van der Waals surface area contributed by atoms with Gasteiger partial charge >= 0.3 is 0 Å². The number of ether oxygens (including phenoxy) is 1. The van der Waals surface area contributed by atoms with Crippen molar-refractivity contribution in [2.45, 2.75) is 39.5 Å². The number of nitrogens with zero attached hydrogens (tertiary/aromatic N) is 2. The molecule has 0 spiro atoms. The molecule has 2 heterocycles. The van der Waals surface area contributed by atoms with E-state index < -0.39 is 0 Å². The molecule has 0 saturated heterocycles. The van der Waals surface area contributed by atoms with Gasteiger partial charge in [-0.05, 0) is 54.9 Å². The molecule has 0 aromatic carbocycles. The lowest BCUT2D eigenvalue weighted by Gasteiger charge is -2.20. The number of rotatable bonds is 5. The molecule has 0 fully saturated rings. The van der Waals surface area contributed by atoms with E-state index in [-0.39, 0.29) is 5.54 Å². The van der Waals surface area contributed by atoms with Crippen molar-refractivity contribution in [1.29, 1.82) is 0 Å². The summed E-state index contributed by atoms with van der Waals surface area (Å²) in [4.78, 5) is 8.66. The summed E-state index contributed by atoms with van der Waals surface area (Å²) in [7, 11) is 0. The number of nitrogens with one attached hydrogen (secondary N) is 1. The Balaban J connectivity index is 1.95. The van der Waals surface area contributed by atoms with E-state index in [1.165, 1.54) is 0 Å². The van der Waals surface area contributed by atoms with Crippen LogP contribution in [-0.4, -0.2) is 15.5 Å². The van der Waals surface area contributed by atoms with Crippen molar-refractivity contribution >= 4 is 15.9 Å². The molecule has 2 aromatic rings. The lowest BCUT2D eigenvalue weighted by molar-refractivity contribution is 0.299. The molecular formula is C16H20BrN3O. The normalized spacial score (nSPS) is 11.4. The summed E-state index contributed by atoms with van der Waals surface area (Å²) in [5.74, 6) is 0.726. The van der Waals surface area contributed by atoms with E-state index in [2.05, 4.69) is 52.0 Å². The van der Waals surface area contributed by atoms with Crippen LogP contribution in [0.4, 0.5) is 0 Å². The number of hydrogen-bond acceptors (Lipinski definition) is 4. The molecule has 0 unspecified atom stereocenters. The summed E-state index contributed by atoms with van der Waals surface area (Å²) in [6, 6.07) is 7.87. The fourth-order valence-electron chi connectivity index (χ4n) is 1.69. The van der Waals surface area contributed by atoms with E-state index in [1.807, 2.05) is 24.3 Å². The highest BCUT2D eigenvalue weighted by Crippen LogP contribution is 2.16. The molecule has 0 amide bonds. The zero-order chi connectivity index (χ0) is 15.3. The molecule has 0 atom stereocenters. The number of aromatic nitrogens is 2. The van der Waals surface area contributed by atoms with Crippen LogP contribution in [0.2, 0.25) is 0 Å². The third-order valence-electron chi connectivity index (χ3n) is 2.73. The third-order valence-corrected chi connectivity index (χ3v) is 3.16. The zero-order valence-corrected chi connectivity index (χ0v) is 14.1. The van der Waals surface area contributed by atoms with Crippen molar-refractivity contribution in [3.63, 3.8) is 0 Å². The highest BCUT2D eigenvalue weighted by molar-refractivity contribution is 9.10. The first-order valence-electron chi connectivity index (χ1n) is 6.85. The Kier molecular flexibility index (Phi) is 5.31. The molecule has 0 bridgehead atoms. The zero-order valence-electron chi connectivity index (χ0n) is 12.6. The van der Waals surface area contributed by atoms with Gasteiger partial charge in [0.25, 0.3) is 0 Å². The van der Waals surface area contributed by atoms with Gasteiger partial charge < -0.3 is 10.1 Å². The summed E-state index contributed by atoms with van der Waals surface area (Å²) in [6.45, 7) is 7.60. The topological polar surface area (TPSA) is 47.0 Å². The van der Waals surface area contributed by atoms with Crippen molar-refractivity contribution in [2.24, 2.45) is 0 Å². The molecule has 21 heavy (non-hydrogen) atoms. The largest absolute Gasteiger partial charge is 0.486 e. The van der Waals surface area contributed by atoms with Crippen LogP contribution in [-0.2, 0) is 13.2 Å². The SMILES string of the molecule is CC(C)(C)NCc1cccc(COc2cncc(Br)c2)n1. The summed E-state index contributed by atoms with van der Waals surface area (Å²) in [5, 5.41) is 3.43. The quantitative estimate of drug-likeness (QED) is 0.893. The van der Waals surface area contributed by atoms with Gasteiger partial charge in [0.2, 0.25) is 0 Å². The minimum Gasteiger partial charge on any atom is -0.486 e. The van der Waals surface area contributed by atoms with Gasteiger partial charge in [0.1, 0.15) is 12.4 Å².